The van der Waals surface area contributed by atoms with Crippen molar-refractivity contribution in [1.29, 1.82) is 0 Å². The molecule has 2 aromatic rings. The minimum atomic E-state index is -2.63. The number of anilines is 1. The van der Waals surface area contributed by atoms with E-state index in [2.05, 4.69) is 15.0 Å². The number of fused-ring (bicyclic) bond motifs is 1. The number of alkyl halides is 2. The Morgan fingerprint density at radius 1 is 1.27 bits per heavy atom. The Morgan fingerprint density at radius 2 is 2.04 bits per heavy atom. The van der Waals surface area contributed by atoms with Gasteiger partial charge in [-0.05, 0) is 25.8 Å². The van der Waals surface area contributed by atoms with Crippen LogP contribution in [0.2, 0.25) is 0 Å². The molecule has 2 fully saturated rings. The first kappa shape index (κ1) is 17.2. The molecule has 1 amide bonds. The molecule has 0 saturated carbocycles. The topological polar surface area (TPSA) is 53.7 Å². The molecule has 0 N–H and O–H groups in total. The first-order chi connectivity index (χ1) is 12.4. The van der Waals surface area contributed by atoms with Crippen LogP contribution in [0.1, 0.15) is 31.4 Å². The standard InChI is InChI=1S/C18H23F2N5O/c1-13-11-15-16(21-6-10-25(15)22-13)24-7-2-3-14(12-24)17(26)23-8-4-18(19,20)5-9-23/h6,10-11,14H,2-5,7-9,12H2,1H3. The van der Waals surface area contributed by atoms with Gasteiger partial charge in [0.1, 0.15) is 5.52 Å². The van der Waals surface area contributed by atoms with E-state index in [1.165, 1.54) is 0 Å². The molecule has 2 saturated heterocycles. The van der Waals surface area contributed by atoms with Crippen LogP contribution in [0.4, 0.5) is 14.6 Å². The monoisotopic (exact) mass is 363 g/mol. The zero-order valence-corrected chi connectivity index (χ0v) is 14.9. The average Bonchev–Trinajstić information content (AvgIpc) is 3.01. The molecule has 8 heteroatoms. The van der Waals surface area contributed by atoms with Crippen molar-refractivity contribution in [3.63, 3.8) is 0 Å². The highest BCUT2D eigenvalue weighted by Crippen LogP contribution is 2.31. The van der Waals surface area contributed by atoms with Crippen molar-refractivity contribution in [3.8, 4) is 0 Å². The van der Waals surface area contributed by atoms with E-state index < -0.39 is 5.92 Å². The highest BCUT2D eigenvalue weighted by molar-refractivity contribution is 5.80. The third-order valence-electron chi connectivity index (χ3n) is 5.37. The van der Waals surface area contributed by atoms with Crippen LogP contribution in [-0.4, -0.2) is 57.5 Å². The second kappa shape index (κ2) is 6.48. The molecule has 0 radical (unpaired) electrons. The summed E-state index contributed by atoms with van der Waals surface area (Å²) in [5, 5.41) is 4.41. The summed E-state index contributed by atoms with van der Waals surface area (Å²) >= 11 is 0. The maximum Gasteiger partial charge on any atom is 0.251 e. The van der Waals surface area contributed by atoms with Gasteiger partial charge in [0.15, 0.2) is 5.82 Å². The van der Waals surface area contributed by atoms with Crippen LogP contribution in [0.3, 0.4) is 0 Å². The predicted octanol–water partition coefficient (Wildman–Crippen LogP) is 2.51. The number of carbonyl (C=O) groups excluding carboxylic acids is 1. The van der Waals surface area contributed by atoms with Crippen molar-refractivity contribution in [2.24, 2.45) is 5.92 Å². The molecule has 1 unspecified atom stereocenters. The Labute approximate surface area is 150 Å². The van der Waals surface area contributed by atoms with Gasteiger partial charge in [0.05, 0.1) is 11.6 Å². The lowest BCUT2D eigenvalue weighted by Gasteiger charge is -2.38. The zero-order chi connectivity index (χ0) is 18.3. The van der Waals surface area contributed by atoms with Gasteiger partial charge < -0.3 is 9.80 Å². The summed E-state index contributed by atoms with van der Waals surface area (Å²) in [6.07, 6.45) is 4.75. The molecule has 2 aromatic heterocycles. The Kier molecular flexibility index (Phi) is 4.28. The van der Waals surface area contributed by atoms with Gasteiger partial charge in [-0.3, -0.25) is 4.79 Å². The van der Waals surface area contributed by atoms with Crippen molar-refractivity contribution >= 4 is 17.2 Å². The molecule has 0 spiro atoms. The molecular weight excluding hydrogens is 340 g/mol. The number of hydrogen-bond donors (Lipinski definition) is 0. The molecule has 1 atom stereocenters. The molecular formula is C18H23F2N5O. The van der Waals surface area contributed by atoms with Crippen LogP contribution < -0.4 is 4.90 Å². The maximum absolute atomic E-state index is 13.4. The molecule has 0 aromatic carbocycles. The molecule has 4 heterocycles. The minimum absolute atomic E-state index is 0.00170. The van der Waals surface area contributed by atoms with E-state index in [9.17, 15) is 13.6 Å². The Morgan fingerprint density at radius 3 is 2.81 bits per heavy atom. The van der Waals surface area contributed by atoms with Crippen LogP contribution in [0.25, 0.3) is 5.52 Å². The largest absolute Gasteiger partial charge is 0.354 e. The third-order valence-corrected chi connectivity index (χ3v) is 5.37. The number of amides is 1. The van der Waals surface area contributed by atoms with Gasteiger partial charge in [-0.2, -0.15) is 5.10 Å². The number of nitrogens with zero attached hydrogens (tertiary/aromatic N) is 5. The Hall–Kier alpha value is -2.25. The third kappa shape index (κ3) is 3.24. The molecule has 0 aliphatic carbocycles. The molecule has 140 valence electrons. The van der Waals surface area contributed by atoms with Gasteiger partial charge in [-0.15, -0.1) is 0 Å². The van der Waals surface area contributed by atoms with E-state index in [1.54, 1.807) is 15.6 Å². The fourth-order valence-electron chi connectivity index (χ4n) is 3.96. The van der Waals surface area contributed by atoms with Crippen LogP contribution >= 0.6 is 0 Å². The van der Waals surface area contributed by atoms with Crippen molar-refractivity contribution < 1.29 is 13.6 Å². The van der Waals surface area contributed by atoms with E-state index in [-0.39, 0.29) is 37.8 Å². The molecule has 26 heavy (non-hydrogen) atoms. The lowest BCUT2D eigenvalue weighted by atomic mass is 9.95. The minimum Gasteiger partial charge on any atom is -0.354 e. The van der Waals surface area contributed by atoms with Gasteiger partial charge >= 0.3 is 0 Å². The van der Waals surface area contributed by atoms with Crippen molar-refractivity contribution in [3.05, 3.63) is 24.2 Å². The fraction of sp³-hybridized carbons (Fsp3) is 0.611. The lowest BCUT2D eigenvalue weighted by Crippen LogP contribution is -2.49. The normalized spacial score (nSPS) is 23.4. The summed E-state index contributed by atoms with van der Waals surface area (Å²) in [6, 6.07) is 1.99. The number of aryl methyl sites for hydroxylation is 1. The highest BCUT2D eigenvalue weighted by Gasteiger charge is 2.38. The second-order valence-electron chi connectivity index (χ2n) is 7.33. The number of piperidine rings is 2. The molecule has 0 bridgehead atoms. The number of likely N-dealkylation sites (tertiary alicyclic amines) is 1. The van der Waals surface area contributed by atoms with Crippen LogP contribution in [-0.2, 0) is 4.79 Å². The average molecular weight is 363 g/mol. The van der Waals surface area contributed by atoms with Crippen molar-refractivity contribution in [1.82, 2.24) is 19.5 Å². The van der Waals surface area contributed by atoms with Crippen LogP contribution in [0, 0.1) is 12.8 Å². The highest BCUT2D eigenvalue weighted by atomic mass is 19.3. The number of rotatable bonds is 2. The van der Waals surface area contributed by atoms with E-state index >= 15 is 0 Å². The van der Waals surface area contributed by atoms with Gasteiger partial charge in [0.2, 0.25) is 5.91 Å². The summed E-state index contributed by atoms with van der Waals surface area (Å²) in [5.41, 5.74) is 1.84. The number of aromatic nitrogens is 3. The molecule has 4 rings (SSSR count). The van der Waals surface area contributed by atoms with Gasteiger partial charge in [-0.25, -0.2) is 18.3 Å². The van der Waals surface area contributed by atoms with Crippen LogP contribution in [0.5, 0.6) is 0 Å². The van der Waals surface area contributed by atoms with E-state index in [0.717, 1.165) is 36.4 Å². The Bertz CT molecular complexity index is 811. The predicted molar refractivity (Wildman–Crippen MR) is 93.4 cm³/mol. The summed E-state index contributed by atoms with van der Waals surface area (Å²) in [6.45, 7) is 3.64. The van der Waals surface area contributed by atoms with Crippen molar-refractivity contribution in [2.75, 3.05) is 31.1 Å². The zero-order valence-electron chi connectivity index (χ0n) is 14.9. The Balaban J connectivity index is 1.50. The van der Waals surface area contributed by atoms with Gasteiger partial charge in [0.25, 0.3) is 5.92 Å². The molecule has 2 aliphatic heterocycles. The second-order valence-corrected chi connectivity index (χ2v) is 7.33. The summed E-state index contributed by atoms with van der Waals surface area (Å²) in [4.78, 5) is 21.1. The first-order valence-electron chi connectivity index (χ1n) is 9.15. The van der Waals surface area contributed by atoms with Crippen LogP contribution in [0.15, 0.2) is 18.5 Å². The molecule has 2 aliphatic rings. The number of hydrogen-bond acceptors (Lipinski definition) is 4. The number of halogens is 2. The SMILES string of the molecule is Cc1cc2c(N3CCCC(C(=O)N4CCC(F)(F)CC4)C3)nccn2n1. The lowest BCUT2D eigenvalue weighted by molar-refractivity contribution is -0.141. The van der Waals surface area contributed by atoms with Gasteiger partial charge in [0, 0.05) is 51.4 Å². The first-order valence-corrected chi connectivity index (χ1v) is 9.15. The fourth-order valence-corrected chi connectivity index (χ4v) is 3.96. The maximum atomic E-state index is 13.4. The molecule has 6 nitrogen and oxygen atoms in total. The summed E-state index contributed by atoms with van der Waals surface area (Å²) in [7, 11) is 0. The smallest absolute Gasteiger partial charge is 0.251 e. The van der Waals surface area contributed by atoms with E-state index in [0.29, 0.717) is 6.54 Å². The van der Waals surface area contributed by atoms with E-state index in [4.69, 9.17) is 0 Å². The number of carbonyl (C=O) groups is 1. The van der Waals surface area contributed by atoms with E-state index in [1.807, 2.05) is 19.2 Å². The van der Waals surface area contributed by atoms with Gasteiger partial charge in [-0.1, -0.05) is 0 Å². The summed E-state index contributed by atoms with van der Waals surface area (Å²) < 4.78 is 28.5. The van der Waals surface area contributed by atoms with Crippen molar-refractivity contribution in [2.45, 2.75) is 38.5 Å². The summed E-state index contributed by atoms with van der Waals surface area (Å²) in [5.74, 6) is -1.96. The quantitative estimate of drug-likeness (QED) is 0.823.